The van der Waals surface area contributed by atoms with Gasteiger partial charge in [-0.05, 0) is 55.2 Å². The maximum atomic E-state index is 12.6. The Labute approximate surface area is 161 Å². The van der Waals surface area contributed by atoms with Crippen molar-refractivity contribution in [1.82, 2.24) is 0 Å². The summed E-state index contributed by atoms with van der Waals surface area (Å²) in [6.07, 6.45) is 1.37. The molecule has 0 unspecified atom stereocenters. The molecule has 0 spiro atoms. The smallest absolute Gasteiger partial charge is 0.255 e. The van der Waals surface area contributed by atoms with Crippen molar-refractivity contribution < 1.29 is 14.3 Å². The van der Waals surface area contributed by atoms with E-state index in [4.69, 9.17) is 4.74 Å². The summed E-state index contributed by atoms with van der Waals surface area (Å²) in [5.41, 5.74) is 2.79. The Morgan fingerprint density at radius 3 is 2.56 bits per heavy atom. The lowest BCUT2D eigenvalue weighted by atomic mass is 10.1. The van der Waals surface area contributed by atoms with Gasteiger partial charge >= 0.3 is 0 Å². The van der Waals surface area contributed by atoms with E-state index in [-0.39, 0.29) is 11.8 Å². The molecule has 0 fully saturated rings. The average Bonchev–Trinajstić information content (AvgIpc) is 2.64. The molecule has 0 saturated carbocycles. The van der Waals surface area contributed by atoms with E-state index in [1.54, 1.807) is 25.1 Å². The van der Waals surface area contributed by atoms with Gasteiger partial charge in [0.15, 0.2) is 0 Å². The second-order valence-corrected chi connectivity index (χ2v) is 6.94. The van der Waals surface area contributed by atoms with Crippen LogP contribution in [0.4, 0.5) is 11.4 Å². The normalized spacial score (nSPS) is 10.6. The van der Waals surface area contributed by atoms with Crippen LogP contribution >= 0.6 is 0 Å². The second kappa shape index (κ2) is 9.76. The van der Waals surface area contributed by atoms with Crippen LogP contribution in [0.3, 0.4) is 0 Å². The monoisotopic (exact) mass is 368 g/mol. The Morgan fingerprint density at radius 2 is 1.85 bits per heavy atom. The van der Waals surface area contributed by atoms with Crippen molar-refractivity contribution in [2.24, 2.45) is 5.92 Å². The summed E-state index contributed by atoms with van der Waals surface area (Å²) in [4.78, 5) is 24.2. The van der Waals surface area contributed by atoms with Crippen molar-refractivity contribution in [3.63, 3.8) is 0 Å². The van der Waals surface area contributed by atoms with Crippen LogP contribution in [0.1, 0.15) is 49.5 Å². The molecule has 0 bridgehead atoms. The molecule has 27 heavy (non-hydrogen) atoms. The topological polar surface area (TPSA) is 67.4 Å². The van der Waals surface area contributed by atoms with Gasteiger partial charge in [-0.3, -0.25) is 9.59 Å². The van der Waals surface area contributed by atoms with Gasteiger partial charge < -0.3 is 15.4 Å². The number of hydrogen-bond donors (Lipinski definition) is 2. The van der Waals surface area contributed by atoms with E-state index >= 15 is 0 Å². The third-order valence-electron chi connectivity index (χ3n) is 4.15. The molecule has 144 valence electrons. The van der Waals surface area contributed by atoms with Gasteiger partial charge in [-0.1, -0.05) is 32.9 Å². The van der Waals surface area contributed by atoms with Gasteiger partial charge in [0.2, 0.25) is 5.91 Å². The van der Waals surface area contributed by atoms with Crippen LogP contribution < -0.4 is 15.4 Å². The Balaban J connectivity index is 2.06. The number of aryl methyl sites for hydroxylation is 1. The zero-order chi connectivity index (χ0) is 19.8. The molecule has 0 saturated heterocycles. The van der Waals surface area contributed by atoms with Gasteiger partial charge in [-0.15, -0.1) is 0 Å². The van der Waals surface area contributed by atoms with Crippen molar-refractivity contribution in [3.05, 3.63) is 53.6 Å². The summed E-state index contributed by atoms with van der Waals surface area (Å²) in [6.45, 7) is 8.63. The van der Waals surface area contributed by atoms with E-state index in [0.717, 1.165) is 12.0 Å². The van der Waals surface area contributed by atoms with Crippen LogP contribution in [-0.2, 0) is 4.79 Å². The van der Waals surface area contributed by atoms with E-state index in [2.05, 4.69) is 24.5 Å². The maximum absolute atomic E-state index is 12.6. The minimum atomic E-state index is -0.221. The Kier molecular flexibility index (Phi) is 7.41. The summed E-state index contributed by atoms with van der Waals surface area (Å²) >= 11 is 0. The van der Waals surface area contributed by atoms with Crippen LogP contribution in [0.5, 0.6) is 5.75 Å². The van der Waals surface area contributed by atoms with E-state index < -0.39 is 0 Å². The minimum absolute atomic E-state index is 0.0622. The van der Waals surface area contributed by atoms with E-state index in [9.17, 15) is 9.59 Å². The predicted octanol–water partition coefficient (Wildman–Crippen LogP) is 5.02. The number of nitrogens with one attached hydrogen (secondary N) is 2. The first-order chi connectivity index (χ1) is 12.9. The van der Waals surface area contributed by atoms with E-state index in [1.807, 2.05) is 31.2 Å². The SMILES string of the molecule is CCC(=O)Nc1cc(NC(=O)c2cccc(OCCC(C)C)c2)ccc1C. The molecule has 0 radical (unpaired) electrons. The Morgan fingerprint density at radius 1 is 1.07 bits per heavy atom. The summed E-state index contributed by atoms with van der Waals surface area (Å²) in [5, 5.41) is 5.72. The van der Waals surface area contributed by atoms with Gasteiger partial charge in [0.05, 0.1) is 6.61 Å². The van der Waals surface area contributed by atoms with Crippen LogP contribution in [0.15, 0.2) is 42.5 Å². The van der Waals surface area contributed by atoms with Crippen molar-refractivity contribution in [1.29, 1.82) is 0 Å². The van der Waals surface area contributed by atoms with E-state index in [1.165, 1.54) is 0 Å². The van der Waals surface area contributed by atoms with Crippen LogP contribution in [0.25, 0.3) is 0 Å². The zero-order valence-electron chi connectivity index (χ0n) is 16.5. The van der Waals surface area contributed by atoms with Crippen LogP contribution in [-0.4, -0.2) is 18.4 Å². The van der Waals surface area contributed by atoms with Crippen molar-refractivity contribution in [2.75, 3.05) is 17.2 Å². The van der Waals surface area contributed by atoms with Crippen LogP contribution in [0, 0.1) is 12.8 Å². The Hall–Kier alpha value is -2.82. The Bertz CT molecular complexity index is 800. The molecule has 2 N–H and O–H groups in total. The van der Waals surface area contributed by atoms with Gasteiger partial charge in [0, 0.05) is 23.4 Å². The minimum Gasteiger partial charge on any atom is -0.494 e. The molecule has 2 amide bonds. The largest absolute Gasteiger partial charge is 0.494 e. The summed E-state index contributed by atoms with van der Waals surface area (Å²) < 4.78 is 5.72. The number of carbonyl (C=O) groups excluding carboxylic acids is 2. The third-order valence-corrected chi connectivity index (χ3v) is 4.15. The number of benzene rings is 2. The standard InChI is InChI=1S/C22H28N2O3/c1-5-21(25)24-20-14-18(10-9-16(20)4)23-22(26)17-7-6-8-19(13-17)27-12-11-15(2)3/h6-10,13-15H,5,11-12H2,1-4H3,(H,23,26)(H,24,25). The predicted molar refractivity (Wildman–Crippen MR) is 109 cm³/mol. The fourth-order valence-electron chi connectivity index (χ4n) is 2.42. The molecular weight excluding hydrogens is 340 g/mol. The molecule has 5 heteroatoms. The second-order valence-electron chi connectivity index (χ2n) is 6.94. The molecule has 2 rings (SSSR count). The fraction of sp³-hybridized carbons (Fsp3) is 0.364. The molecule has 0 atom stereocenters. The highest BCUT2D eigenvalue weighted by atomic mass is 16.5. The average molecular weight is 368 g/mol. The highest BCUT2D eigenvalue weighted by Gasteiger charge is 2.10. The highest BCUT2D eigenvalue weighted by Crippen LogP contribution is 2.22. The molecule has 0 aliphatic carbocycles. The van der Waals surface area contributed by atoms with Gasteiger partial charge in [-0.2, -0.15) is 0 Å². The first-order valence-corrected chi connectivity index (χ1v) is 9.33. The number of amides is 2. The fourth-order valence-corrected chi connectivity index (χ4v) is 2.42. The molecule has 2 aromatic carbocycles. The van der Waals surface area contributed by atoms with Crippen molar-refractivity contribution in [2.45, 2.75) is 40.5 Å². The first-order valence-electron chi connectivity index (χ1n) is 9.33. The van der Waals surface area contributed by atoms with Gasteiger partial charge in [0.25, 0.3) is 5.91 Å². The summed E-state index contributed by atoms with van der Waals surface area (Å²) in [7, 11) is 0. The lowest BCUT2D eigenvalue weighted by Crippen LogP contribution is -2.14. The van der Waals surface area contributed by atoms with Gasteiger partial charge in [-0.25, -0.2) is 0 Å². The number of hydrogen-bond acceptors (Lipinski definition) is 3. The zero-order valence-corrected chi connectivity index (χ0v) is 16.5. The quantitative estimate of drug-likeness (QED) is 0.687. The summed E-state index contributed by atoms with van der Waals surface area (Å²) in [6, 6.07) is 12.6. The van der Waals surface area contributed by atoms with Gasteiger partial charge in [0.1, 0.15) is 5.75 Å². The van der Waals surface area contributed by atoms with Crippen molar-refractivity contribution >= 4 is 23.2 Å². The molecular formula is C22H28N2O3. The molecule has 0 aliphatic rings. The lowest BCUT2D eigenvalue weighted by Gasteiger charge is -2.12. The number of rotatable bonds is 8. The third kappa shape index (κ3) is 6.44. The number of anilines is 2. The molecule has 0 aliphatic heterocycles. The highest BCUT2D eigenvalue weighted by molar-refractivity contribution is 6.05. The molecule has 5 nitrogen and oxygen atoms in total. The summed E-state index contributed by atoms with van der Waals surface area (Å²) in [5.74, 6) is 0.970. The van der Waals surface area contributed by atoms with Crippen LogP contribution in [0.2, 0.25) is 0 Å². The van der Waals surface area contributed by atoms with E-state index in [0.29, 0.717) is 41.6 Å². The molecule has 0 aromatic heterocycles. The lowest BCUT2D eigenvalue weighted by molar-refractivity contribution is -0.115. The van der Waals surface area contributed by atoms with Crippen molar-refractivity contribution in [3.8, 4) is 5.75 Å². The number of ether oxygens (including phenoxy) is 1. The maximum Gasteiger partial charge on any atom is 0.255 e. The molecule has 0 heterocycles. The first kappa shape index (κ1) is 20.5. The molecule has 2 aromatic rings. The number of carbonyl (C=O) groups is 2.